The Hall–Kier alpha value is -1.13. The molecule has 4 heteroatoms. The number of hydrogen-bond acceptors (Lipinski definition) is 2. The summed E-state index contributed by atoms with van der Waals surface area (Å²) in [5.74, 6) is 0.237. The molecule has 2 rings (SSSR count). The minimum absolute atomic E-state index is 0.259. The fourth-order valence-electron chi connectivity index (χ4n) is 2.85. The largest absolute Gasteiger partial charge is 0.478 e. The van der Waals surface area contributed by atoms with E-state index in [2.05, 4.69) is 33.9 Å². The molecule has 0 amide bonds. The summed E-state index contributed by atoms with van der Waals surface area (Å²) < 4.78 is 6.22. The highest BCUT2D eigenvalue weighted by molar-refractivity contribution is 6.74. The lowest BCUT2D eigenvalue weighted by Crippen LogP contribution is -2.40. The number of benzene rings is 1. The maximum atomic E-state index is 11.3. The van der Waals surface area contributed by atoms with E-state index in [-0.39, 0.29) is 5.04 Å². The average Bonchev–Trinajstić information content (AvgIpc) is 3.22. The second-order valence-electron chi connectivity index (χ2n) is 8.25. The van der Waals surface area contributed by atoms with Crippen LogP contribution in [0.1, 0.15) is 61.9 Å². The van der Waals surface area contributed by atoms with E-state index in [9.17, 15) is 9.90 Å². The van der Waals surface area contributed by atoms with Gasteiger partial charge >= 0.3 is 5.97 Å². The zero-order valence-corrected chi connectivity index (χ0v) is 16.1. The minimum Gasteiger partial charge on any atom is -0.478 e. The number of rotatable bonds is 7. The molecule has 0 radical (unpaired) electrons. The fraction of sp³-hybridized carbons (Fsp3) is 0.632. The molecular weight excluding hydrogens is 304 g/mol. The van der Waals surface area contributed by atoms with Gasteiger partial charge in [-0.1, -0.05) is 39.0 Å². The van der Waals surface area contributed by atoms with Gasteiger partial charge in [-0.3, -0.25) is 0 Å². The Labute approximate surface area is 141 Å². The average molecular weight is 335 g/mol. The molecule has 0 aliphatic heterocycles. The zero-order valence-electron chi connectivity index (χ0n) is 15.1. The molecule has 0 saturated heterocycles. The molecule has 128 valence electrons. The van der Waals surface area contributed by atoms with Crippen molar-refractivity contribution in [3.63, 3.8) is 0 Å². The van der Waals surface area contributed by atoms with Crippen LogP contribution in [0.3, 0.4) is 0 Å². The number of carboxylic acids is 1. The lowest BCUT2D eigenvalue weighted by molar-refractivity contribution is 0.0695. The standard InChI is InChI=1S/C19H30O3Si/c1-19(2,3)23(4,5)22-12-8-9-14-13-17(14)15-10-6-7-11-16(15)18(20)21/h6-7,10-11,14,17H,8-9,12-13H2,1-5H3,(H,20,21). The van der Waals surface area contributed by atoms with Crippen molar-refractivity contribution in [3.05, 3.63) is 35.4 Å². The van der Waals surface area contributed by atoms with Gasteiger partial charge in [-0.25, -0.2) is 4.79 Å². The normalized spacial score (nSPS) is 21.3. The van der Waals surface area contributed by atoms with Crippen LogP contribution in [-0.4, -0.2) is 26.0 Å². The summed E-state index contributed by atoms with van der Waals surface area (Å²) in [4.78, 5) is 11.3. The Morgan fingerprint density at radius 1 is 1.30 bits per heavy atom. The van der Waals surface area contributed by atoms with Gasteiger partial charge in [0.25, 0.3) is 0 Å². The third kappa shape index (κ3) is 4.45. The van der Waals surface area contributed by atoms with Gasteiger partial charge in [-0.2, -0.15) is 0 Å². The van der Waals surface area contributed by atoms with Crippen molar-refractivity contribution in [1.29, 1.82) is 0 Å². The minimum atomic E-state index is -1.64. The van der Waals surface area contributed by atoms with Crippen LogP contribution in [0, 0.1) is 5.92 Å². The highest BCUT2D eigenvalue weighted by Gasteiger charge is 2.40. The Morgan fingerprint density at radius 2 is 1.96 bits per heavy atom. The highest BCUT2D eigenvalue weighted by Crippen LogP contribution is 2.51. The molecular formula is C19H30O3Si. The molecule has 0 heterocycles. The SMILES string of the molecule is CC(C)(C)[Si](C)(C)OCCCC1CC1c1ccccc1C(=O)O. The lowest BCUT2D eigenvalue weighted by atomic mass is 10.0. The number of hydrogen-bond donors (Lipinski definition) is 1. The van der Waals surface area contributed by atoms with Crippen LogP contribution in [0.2, 0.25) is 18.1 Å². The second-order valence-corrected chi connectivity index (χ2v) is 13.1. The molecule has 1 saturated carbocycles. The molecule has 1 fully saturated rings. The molecule has 0 bridgehead atoms. The monoisotopic (exact) mass is 334 g/mol. The van der Waals surface area contributed by atoms with E-state index < -0.39 is 14.3 Å². The summed E-state index contributed by atoms with van der Waals surface area (Å²) in [7, 11) is -1.64. The molecule has 0 spiro atoms. The number of aromatic carboxylic acids is 1. The molecule has 2 unspecified atom stereocenters. The summed E-state index contributed by atoms with van der Waals surface area (Å²) in [6.45, 7) is 12.2. The predicted octanol–water partition coefficient (Wildman–Crippen LogP) is 5.29. The summed E-state index contributed by atoms with van der Waals surface area (Å²) >= 11 is 0. The first-order chi connectivity index (χ1) is 10.6. The van der Waals surface area contributed by atoms with Crippen LogP contribution < -0.4 is 0 Å². The second kappa shape index (κ2) is 6.77. The van der Waals surface area contributed by atoms with Crippen molar-refractivity contribution in [2.75, 3.05) is 6.61 Å². The first-order valence-corrected chi connectivity index (χ1v) is 11.5. The van der Waals surface area contributed by atoms with Gasteiger partial charge in [0.2, 0.25) is 0 Å². The highest BCUT2D eigenvalue weighted by atomic mass is 28.4. The molecule has 0 aromatic heterocycles. The number of carboxylic acid groups (broad SMARTS) is 1. The van der Waals surface area contributed by atoms with Crippen molar-refractivity contribution < 1.29 is 14.3 Å². The zero-order chi connectivity index (χ0) is 17.3. The van der Waals surface area contributed by atoms with Crippen LogP contribution in [0.5, 0.6) is 0 Å². The predicted molar refractivity (Wildman–Crippen MR) is 96.6 cm³/mol. The molecule has 23 heavy (non-hydrogen) atoms. The first-order valence-electron chi connectivity index (χ1n) is 8.59. The van der Waals surface area contributed by atoms with E-state index in [4.69, 9.17) is 4.43 Å². The van der Waals surface area contributed by atoms with Crippen molar-refractivity contribution in [2.45, 2.75) is 64.1 Å². The molecule has 1 aromatic carbocycles. The topological polar surface area (TPSA) is 46.5 Å². The first kappa shape index (κ1) is 18.2. The summed E-state index contributed by atoms with van der Waals surface area (Å²) in [6.07, 6.45) is 3.32. The Kier molecular flexibility index (Phi) is 5.36. The molecule has 3 nitrogen and oxygen atoms in total. The van der Waals surface area contributed by atoms with Gasteiger partial charge in [-0.15, -0.1) is 0 Å². The molecule has 1 aliphatic rings. The van der Waals surface area contributed by atoms with Crippen LogP contribution >= 0.6 is 0 Å². The summed E-state index contributed by atoms with van der Waals surface area (Å²) in [6, 6.07) is 7.43. The molecule has 1 aromatic rings. The van der Waals surface area contributed by atoms with E-state index in [1.807, 2.05) is 12.1 Å². The van der Waals surface area contributed by atoms with E-state index in [1.165, 1.54) is 0 Å². The van der Waals surface area contributed by atoms with Crippen LogP contribution in [0.15, 0.2) is 24.3 Å². The van der Waals surface area contributed by atoms with E-state index >= 15 is 0 Å². The van der Waals surface area contributed by atoms with Gasteiger partial charge in [0.05, 0.1) is 5.56 Å². The van der Waals surface area contributed by atoms with Crippen molar-refractivity contribution in [3.8, 4) is 0 Å². The van der Waals surface area contributed by atoms with Gasteiger partial charge in [-0.05, 0) is 60.9 Å². The summed E-state index contributed by atoms with van der Waals surface area (Å²) in [5, 5.41) is 9.55. The van der Waals surface area contributed by atoms with Gasteiger partial charge in [0.1, 0.15) is 0 Å². The molecule has 2 atom stereocenters. The van der Waals surface area contributed by atoms with Crippen LogP contribution in [0.4, 0.5) is 0 Å². The third-order valence-electron chi connectivity index (χ3n) is 5.50. The quantitative estimate of drug-likeness (QED) is 0.544. The Bertz CT molecular complexity index is 560. The van der Waals surface area contributed by atoms with Crippen molar-refractivity contribution in [2.24, 2.45) is 5.92 Å². The van der Waals surface area contributed by atoms with Crippen molar-refractivity contribution >= 4 is 14.3 Å². The smallest absolute Gasteiger partial charge is 0.335 e. The Balaban J connectivity index is 1.80. The van der Waals surface area contributed by atoms with Crippen LogP contribution in [0.25, 0.3) is 0 Å². The van der Waals surface area contributed by atoms with E-state index in [1.54, 1.807) is 12.1 Å². The molecule has 1 aliphatic carbocycles. The lowest BCUT2D eigenvalue weighted by Gasteiger charge is -2.36. The van der Waals surface area contributed by atoms with Gasteiger partial charge < -0.3 is 9.53 Å². The Morgan fingerprint density at radius 3 is 2.57 bits per heavy atom. The fourth-order valence-corrected chi connectivity index (χ4v) is 3.94. The van der Waals surface area contributed by atoms with E-state index in [0.717, 1.165) is 31.4 Å². The summed E-state index contributed by atoms with van der Waals surface area (Å²) in [5.41, 5.74) is 1.48. The van der Waals surface area contributed by atoms with E-state index in [0.29, 0.717) is 17.4 Å². The number of carbonyl (C=O) groups is 1. The maximum absolute atomic E-state index is 11.3. The maximum Gasteiger partial charge on any atom is 0.335 e. The van der Waals surface area contributed by atoms with Gasteiger partial charge in [0.15, 0.2) is 8.32 Å². The molecule has 1 N–H and O–H groups in total. The van der Waals surface area contributed by atoms with Crippen molar-refractivity contribution in [1.82, 2.24) is 0 Å². The van der Waals surface area contributed by atoms with Crippen LogP contribution in [-0.2, 0) is 4.43 Å². The third-order valence-corrected chi connectivity index (χ3v) is 10.0. The van der Waals surface area contributed by atoms with Gasteiger partial charge in [0, 0.05) is 6.61 Å².